The highest BCUT2D eigenvalue weighted by atomic mass is 79.9. The molecule has 0 radical (unpaired) electrons. The maximum absolute atomic E-state index is 11.9. The van der Waals surface area contributed by atoms with E-state index in [1.807, 2.05) is 44.2 Å². The molecule has 0 spiro atoms. The molecule has 0 bridgehead atoms. The predicted molar refractivity (Wildman–Crippen MR) is 116 cm³/mol. The van der Waals surface area contributed by atoms with Crippen LogP contribution in [0.4, 0.5) is 0 Å². The van der Waals surface area contributed by atoms with Crippen molar-refractivity contribution in [1.29, 1.82) is 0 Å². The molecule has 0 saturated carbocycles. The van der Waals surface area contributed by atoms with Crippen molar-refractivity contribution >= 4 is 39.7 Å². The van der Waals surface area contributed by atoms with Crippen molar-refractivity contribution in [1.82, 2.24) is 9.99 Å². The number of benzene rings is 2. The number of carbonyl (C=O) groups is 1. The molecule has 3 rings (SSSR count). The highest BCUT2D eigenvalue weighted by Gasteiger charge is 2.10. The van der Waals surface area contributed by atoms with E-state index in [2.05, 4.69) is 31.0 Å². The smallest absolute Gasteiger partial charge is 0.277 e. The summed E-state index contributed by atoms with van der Waals surface area (Å²) in [6.45, 7) is 3.88. The number of hydrogen-bond donors (Lipinski definition) is 1. The van der Waals surface area contributed by atoms with Crippen LogP contribution >= 0.6 is 27.5 Å². The number of halogens is 2. The second-order valence-electron chi connectivity index (χ2n) is 6.15. The van der Waals surface area contributed by atoms with Crippen LogP contribution in [-0.2, 0) is 4.79 Å². The van der Waals surface area contributed by atoms with E-state index in [-0.39, 0.29) is 12.5 Å². The molecule has 5 nitrogen and oxygen atoms in total. The zero-order chi connectivity index (χ0) is 20.1. The van der Waals surface area contributed by atoms with E-state index in [0.717, 1.165) is 27.1 Å². The summed E-state index contributed by atoms with van der Waals surface area (Å²) in [5.74, 6) is 0.0965. The zero-order valence-corrected chi connectivity index (χ0v) is 17.8. The van der Waals surface area contributed by atoms with Crippen LogP contribution in [0.2, 0.25) is 5.02 Å². The van der Waals surface area contributed by atoms with Gasteiger partial charge in [-0.25, -0.2) is 5.43 Å². The number of rotatable bonds is 6. The van der Waals surface area contributed by atoms with Crippen molar-refractivity contribution in [2.75, 3.05) is 6.61 Å². The molecular weight excluding hydrogens is 442 g/mol. The van der Waals surface area contributed by atoms with Crippen molar-refractivity contribution in [3.63, 3.8) is 0 Å². The molecule has 3 aromatic rings. The van der Waals surface area contributed by atoms with E-state index < -0.39 is 0 Å². The maximum atomic E-state index is 11.9. The number of aryl methyl sites for hydroxylation is 1. The highest BCUT2D eigenvalue weighted by molar-refractivity contribution is 9.10. The lowest BCUT2D eigenvalue weighted by Crippen LogP contribution is -2.24. The van der Waals surface area contributed by atoms with Gasteiger partial charge in [-0.3, -0.25) is 4.79 Å². The van der Waals surface area contributed by atoms with Crippen LogP contribution < -0.4 is 10.2 Å². The minimum atomic E-state index is -0.363. The van der Waals surface area contributed by atoms with Crippen LogP contribution in [0, 0.1) is 13.8 Å². The monoisotopic (exact) mass is 459 g/mol. The average Bonchev–Trinajstić information content (AvgIpc) is 2.95. The number of nitrogens with zero attached hydrogens (tertiary/aromatic N) is 2. The van der Waals surface area contributed by atoms with Crippen LogP contribution in [0.3, 0.4) is 0 Å². The van der Waals surface area contributed by atoms with Crippen molar-refractivity contribution in [3.8, 4) is 11.4 Å². The minimum absolute atomic E-state index is 0.168. The molecule has 0 aliphatic carbocycles. The number of nitrogens with one attached hydrogen (secondary N) is 1. The quantitative estimate of drug-likeness (QED) is 0.414. The minimum Gasteiger partial charge on any atom is -0.482 e. The summed E-state index contributed by atoms with van der Waals surface area (Å²) in [6.07, 6.45) is 1.63. The molecule has 1 amide bonds. The first-order valence-corrected chi connectivity index (χ1v) is 9.77. The van der Waals surface area contributed by atoms with Crippen molar-refractivity contribution in [2.24, 2.45) is 5.10 Å². The number of amides is 1. The first-order valence-electron chi connectivity index (χ1n) is 8.60. The van der Waals surface area contributed by atoms with Gasteiger partial charge in [0.05, 0.1) is 11.2 Å². The SMILES string of the molecule is Cc1cc(/C=N/NC(=O)COc2ccccc2Cl)c(C)n1-c1ccc(Br)cc1. The number of hydrogen-bond acceptors (Lipinski definition) is 3. The normalized spacial score (nSPS) is 11.0. The van der Waals surface area contributed by atoms with Crippen molar-refractivity contribution in [3.05, 3.63) is 81.0 Å². The molecule has 1 N–H and O–H groups in total. The van der Waals surface area contributed by atoms with Gasteiger partial charge in [-0.05, 0) is 56.3 Å². The molecule has 144 valence electrons. The molecule has 1 aromatic heterocycles. The Morgan fingerprint density at radius 3 is 2.64 bits per heavy atom. The van der Waals surface area contributed by atoms with Crippen LogP contribution in [-0.4, -0.2) is 23.3 Å². The van der Waals surface area contributed by atoms with Gasteiger partial charge in [0, 0.05) is 27.1 Å². The third-order valence-corrected chi connectivity index (χ3v) is 4.98. The number of hydrazone groups is 1. The van der Waals surface area contributed by atoms with Crippen molar-refractivity contribution < 1.29 is 9.53 Å². The predicted octanol–water partition coefficient (Wildman–Crippen LogP) is 5.04. The zero-order valence-electron chi connectivity index (χ0n) is 15.4. The molecule has 0 saturated heterocycles. The molecule has 7 heteroatoms. The Kier molecular flexibility index (Phi) is 6.54. The van der Waals surface area contributed by atoms with Gasteiger partial charge in [0.15, 0.2) is 6.61 Å². The van der Waals surface area contributed by atoms with E-state index in [4.69, 9.17) is 16.3 Å². The lowest BCUT2D eigenvalue weighted by molar-refractivity contribution is -0.123. The van der Waals surface area contributed by atoms with Crippen LogP contribution in [0.25, 0.3) is 5.69 Å². The second kappa shape index (κ2) is 9.08. The van der Waals surface area contributed by atoms with Gasteiger partial charge < -0.3 is 9.30 Å². The summed E-state index contributed by atoms with van der Waals surface area (Å²) >= 11 is 9.45. The summed E-state index contributed by atoms with van der Waals surface area (Å²) < 4.78 is 8.55. The number of aromatic nitrogens is 1. The van der Waals surface area contributed by atoms with Crippen molar-refractivity contribution in [2.45, 2.75) is 13.8 Å². The van der Waals surface area contributed by atoms with E-state index in [1.54, 1.807) is 30.5 Å². The van der Waals surface area contributed by atoms with E-state index in [9.17, 15) is 4.79 Å². The Bertz CT molecular complexity index is 1010. The summed E-state index contributed by atoms with van der Waals surface area (Å²) in [5, 5.41) is 4.50. The van der Waals surface area contributed by atoms with E-state index in [1.165, 1.54) is 0 Å². The molecule has 1 heterocycles. The van der Waals surface area contributed by atoms with Gasteiger partial charge in [-0.1, -0.05) is 39.7 Å². The molecule has 0 unspecified atom stereocenters. The van der Waals surface area contributed by atoms with Crippen LogP contribution in [0.1, 0.15) is 17.0 Å². The fraction of sp³-hybridized carbons (Fsp3) is 0.143. The van der Waals surface area contributed by atoms with Crippen LogP contribution in [0.5, 0.6) is 5.75 Å². The van der Waals surface area contributed by atoms with Crippen LogP contribution in [0.15, 0.2) is 64.2 Å². The number of ether oxygens (including phenoxy) is 1. The Labute approximate surface area is 177 Å². The lowest BCUT2D eigenvalue weighted by atomic mass is 10.2. The third-order valence-electron chi connectivity index (χ3n) is 4.14. The van der Waals surface area contributed by atoms with E-state index >= 15 is 0 Å². The van der Waals surface area contributed by atoms with Gasteiger partial charge in [-0.15, -0.1) is 0 Å². The summed E-state index contributed by atoms with van der Waals surface area (Å²) in [6, 6.07) is 17.1. The number of carbonyl (C=O) groups excluding carboxylic acids is 1. The molecule has 28 heavy (non-hydrogen) atoms. The maximum Gasteiger partial charge on any atom is 0.277 e. The first kappa shape index (κ1) is 20.2. The van der Waals surface area contributed by atoms with Gasteiger partial charge in [-0.2, -0.15) is 5.10 Å². The fourth-order valence-electron chi connectivity index (χ4n) is 2.82. The standard InChI is InChI=1S/C21H19BrClN3O2/c1-14-11-16(15(2)26(14)18-9-7-17(22)8-10-18)12-24-25-21(27)13-28-20-6-4-3-5-19(20)23/h3-12H,13H2,1-2H3,(H,25,27)/b24-12+. The van der Waals surface area contributed by atoms with Gasteiger partial charge in [0.1, 0.15) is 5.75 Å². The Morgan fingerprint density at radius 2 is 1.93 bits per heavy atom. The molecule has 0 aliphatic rings. The molecular formula is C21H19BrClN3O2. The van der Waals surface area contributed by atoms with Gasteiger partial charge in [0.25, 0.3) is 5.91 Å². The Morgan fingerprint density at radius 1 is 1.21 bits per heavy atom. The third kappa shape index (κ3) is 4.82. The molecule has 0 fully saturated rings. The highest BCUT2D eigenvalue weighted by Crippen LogP contribution is 2.23. The molecule has 0 aliphatic heterocycles. The topological polar surface area (TPSA) is 55.6 Å². The fourth-order valence-corrected chi connectivity index (χ4v) is 3.27. The van der Waals surface area contributed by atoms with E-state index in [0.29, 0.717) is 10.8 Å². The second-order valence-corrected chi connectivity index (χ2v) is 7.47. The summed E-state index contributed by atoms with van der Waals surface area (Å²) in [7, 11) is 0. The van der Waals surface area contributed by atoms with Gasteiger partial charge in [0.2, 0.25) is 0 Å². The Hall–Kier alpha value is -2.57. The van der Waals surface area contributed by atoms with Gasteiger partial charge >= 0.3 is 0 Å². The number of para-hydroxylation sites is 1. The molecule has 2 aromatic carbocycles. The average molecular weight is 461 g/mol. The Balaban J connectivity index is 1.63. The summed E-state index contributed by atoms with van der Waals surface area (Å²) in [5.41, 5.74) is 6.57. The molecule has 0 atom stereocenters. The first-order chi connectivity index (χ1) is 13.5. The lowest BCUT2D eigenvalue weighted by Gasteiger charge is -2.09. The largest absolute Gasteiger partial charge is 0.482 e. The summed E-state index contributed by atoms with van der Waals surface area (Å²) in [4.78, 5) is 11.9.